The minimum absolute atomic E-state index is 0.0536. The van der Waals surface area contributed by atoms with Gasteiger partial charge < -0.3 is 4.90 Å². The zero-order valence-electron chi connectivity index (χ0n) is 25.3. The summed E-state index contributed by atoms with van der Waals surface area (Å²) in [4.78, 5) is 47.8. The summed E-state index contributed by atoms with van der Waals surface area (Å²) >= 11 is 0. The molecule has 12 nitrogen and oxygen atoms in total. The van der Waals surface area contributed by atoms with E-state index in [0.717, 1.165) is 0 Å². The van der Waals surface area contributed by atoms with E-state index in [-0.39, 0.29) is 29.5 Å². The molecule has 4 aromatic rings. The summed E-state index contributed by atoms with van der Waals surface area (Å²) < 4.78 is 1.69. The van der Waals surface area contributed by atoms with Crippen molar-refractivity contribution in [2.24, 2.45) is 11.8 Å². The Labute approximate surface area is 257 Å². The topological polar surface area (TPSA) is 158 Å². The van der Waals surface area contributed by atoms with Crippen molar-refractivity contribution < 1.29 is 9.59 Å². The van der Waals surface area contributed by atoms with E-state index in [0.29, 0.717) is 62.8 Å². The average molecular weight is 607 g/mol. The summed E-state index contributed by atoms with van der Waals surface area (Å²) in [5.41, 5.74) is 3.81. The van der Waals surface area contributed by atoms with E-state index in [1.165, 1.54) is 11.1 Å². The van der Waals surface area contributed by atoms with Crippen LogP contribution in [0, 0.1) is 48.3 Å². The van der Waals surface area contributed by atoms with E-state index in [1.807, 2.05) is 20.8 Å². The predicted molar refractivity (Wildman–Crippen MR) is 167 cm³/mol. The van der Waals surface area contributed by atoms with Crippen molar-refractivity contribution in [3.8, 4) is 23.4 Å². The van der Waals surface area contributed by atoms with E-state index in [4.69, 9.17) is 4.98 Å². The fourth-order valence-electron chi connectivity index (χ4n) is 5.16. The first-order chi connectivity index (χ1) is 21.0. The van der Waals surface area contributed by atoms with Gasteiger partial charge in [0.25, 0.3) is 5.91 Å². The van der Waals surface area contributed by atoms with Crippen molar-refractivity contribution in [3.63, 3.8) is 0 Å². The molecule has 4 heterocycles. The normalized spacial score (nSPS) is 16.8. The Balaban J connectivity index is 1.39. The van der Waals surface area contributed by atoms with Gasteiger partial charge in [0.05, 0.1) is 76.4 Å². The van der Waals surface area contributed by atoms with Gasteiger partial charge in [0.15, 0.2) is 11.5 Å². The number of benzene rings is 1. The summed E-state index contributed by atoms with van der Waals surface area (Å²) in [6.45, 7) is 10.1. The molecule has 0 radical (unpaired) electrons. The molecule has 222 valence electrons. The highest BCUT2D eigenvalue weighted by molar-refractivity contribution is 7.28. The number of nitrogens with zero attached hydrogens (tertiary/aromatic N) is 10. The summed E-state index contributed by atoms with van der Waals surface area (Å²) in [6, 6.07) is 7.05. The summed E-state index contributed by atoms with van der Waals surface area (Å²) in [7, 11) is 4.10. The number of nitriles is 2. The molecule has 1 aliphatic heterocycles. The van der Waals surface area contributed by atoms with Crippen LogP contribution in [0.1, 0.15) is 65.5 Å². The van der Waals surface area contributed by atoms with Gasteiger partial charge in [-0.05, 0) is 44.1 Å². The van der Waals surface area contributed by atoms with Crippen LogP contribution in [0.2, 0.25) is 0 Å². The van der Waals surface area contributed by atoms with Crippen molar-refractivity contribution in [1.29, 1.82) is 10.5 Å². The lowest BCUT2D eigenvalue weighted by Crippen LogP contribution is -2.28. The molecule has 0 saturated carbocycles. The Morgan fingerprint density at radius 1 is 1.07 bits per heavy atom. The van der Waals surface area contributed by atoms with Crippen LogP contribution >= 0.6 is 9.24 Å². The second-order valence-corrected chi connectivity index (χ2v) is 11.6. The van der Waals surface area contributed by atoms with Crippen LogP contribution in [0.25, 0.3) is 11.3 Å². The van der Waals surface area contributed by atoms with Crippen LogP contribution < -0.4 is 15.1 Å². The van der Waals surface area contributed by atoms with Crippen molar-refractivity contribution in [1.82, 2.24) is 29.7 Å². The molecule has 13 heteroatoms. The molecule has 44 heavy (non-hydrogen) atoms. The molecule has 1 saturated heterocycles. The Kier molecular flexibility index (Phi) is 8.23. The number of aromatic nitrogens is 6. The maximum Gasteiger partial charge on any atom is 0.278 e. The van der Waals surface area contributed by atoms with E-state index < -0.39 is 5.91 Å². The second-order valence-electron chi connectivity index (χ2n) is 11.0. The monoisotopic (exact) mass is 606 g/mol. The smallest absolute Gasteiger partial charge is 0.278 e. The van der Waals surface area contributed by atoms with Crippen molar-refractivity contribution in [2.75, 3.05) is 23.4 Å². The fourth-order valence-corrected chi connectivity index (χ4v) is 5.62. The van der Waals surface area contributed by atoms with Crippen molar-refractivity contribution >= 4 is 37.9 Å². The molecule has 0 N–H and O–H groups in total. The molecular formula is C31H31N10O2P. The number of hydrogen-bond donors (Lipinski definition) is 0. The van der Waals surface area contributed by atoms with E-state index >= 15 is 0 Å². The van der Waals surface area contributed by atoms with Crippen LogP contribution in [0.3, 0.4) is 0 Å². The van der Waals surface area contributed by atoms with E-state index in [9.17, 15) is 20.1 Å². The molecule has 0 aliphatic carbocycles. The van der Waals surface area contributed by atoms with Crippen LogP contribution in [0.5, 0.6) is 0 Å². The second kappa shape index (κ2) is 11.9. The zero-order chi connectivity index (χ0) is 31.9. The fraction of sp³-hybridized carbons (Fsp3) is 0.323. The maximum atomic E-state index is 13.7. The van der Waals surface area contributed by atoms with Crippen molar-refractivity contribution in [2.45, 2.75) is 40.7 Å². The number of carbonyl (C=O) groups excluding carboxylic acids is 2. The number of hydrogen-bond acceptors (Lipinski definition) is 9. The first-order valence-corrected chi connectivity index (χ1v) is 14.6. The number of rotatable bonds is 6. The van der Waals surface area contributed by atoms with Gasteiger partial charge in [-0.15, -0.1) is 9.24 Å². The summed E-state index contributed by atoms with van der Waals surface area (Å²) in [5.74, 6) is 0.406. The van der Waals surface area contributed by atoms with E-state index in [2.05, 4.69) is 48.4 Å². The number of amides is 2. The minimum atomic E-state index is -0.414. The van der Waals surface area contributed by atoms with Gasteiger partial charge in [-0.2, -0.15) is 15.6 Å². The molecule has 0 bridgehead atoms. The third-order valence-corrected chi connectivity index (χ3v) is 8.78. The third kappa shape index (κ3) is 5.29. The molecule has 2 amide bonds. The minimum Gasteiger partial charge on any atom is -0.307 e. The van der Waals surface area contributed by atoms with Gasteiger partial charge in [0, 0.05) is 31.3 Å². The molecule has 5 rings (SSSR count). The van der Waals surface area contributed by atoms with Gasteiger partial charge in [-0.25, -0.2) is 9.97 Å². The average Bonchev–Trinajstić information content (AvgIpc) is 3.61. The summed E-state index contributed by atoms with van der Waals surface area (Å²) in [5, 5.41) is 24.1. The van der Waals surface area contributed by atoms with Crippen LogP contribution in [0.4, 0.5) is 11.5 Å². The Bertz CT molecular complexity index is 1890. The molecule has 3 aromatic heterocycles. The highest BCUT2D eigenvalue weighted by Gasteiger charge is 2.37. The lowest BCUT2D eigenvalue weighted by Gasteiger charge is -2.19. The first-order valence-electron chi connectivity index (χ1n) is 14.0. The van der Waals surface area contributed by atoms with Crippen LogP contribution in [0.15, 0.2) is 36.9 Å². The molecule has 2 unspecified atom stereocenters. The van der Waals surface area contributed by atoms with Crippen LogP contribution in [-0.2, 0) is 4.79 Å². The third-order valence-electron chi connectivity index (χ3n) is 8.18. The maximum absolute atomic E-state index is 13.7. The van der Waals surface area contributed by atoms with Crippen molar-refractivity contribution in [3.05, 3.63) is 70.8 Å². The highest BCUT2D eigenvalue weighted by atomic mass is 31.0. The number of carbonyl (C=O) groups is 2. The lowest BCUT2D eigenvalue weighted by molar-refractivity contribution is -0.120. The highest BCUT2D eigenvalue weighted by Crippen LogP contribution is 2.30. The first kappa shape index (κ1) is 30.4. The zero-order valence-corrected chi connectivity index (χ0v) is 26.4. The molecule has 0 spiro atoms. The molecular weight excluding hydrogens is 575 g/mol. The summed E-state index contributed by atoms with van der Waals surface area (Å²) in [6.07, 6.45) is 6.46. The Morgan fingerprint density at radius 2 is 1.77 bits per heavy atom. The molecule has 4 atom stereocenters. The number of aryl methyl sites for hydroxylation is 2. The predicted octanol–water partition coefficient (Wildman–Crippen LogP) is 3.50. The molecule has 1 aromatic carbocycles. The van der Waals surface area contributed by atoms with Gasteiger partial charge in [0.2, 0.25) is 5.91 Å². The quantitative estimate of drug-likeness (QED) is 0.300. The number of anilines is 2. The van der Waals surface area contributed by atoms with Crippen LogP contribution in [-0.4, -0.2) is 55.1 Å². The Hall–Kier alpha value is -5.06. The van der Waals surface area contributed by atoms with E-state index in [1.54, 1.807) is 54.3 Å². The van der Waals surface area contributed by atoms with Gasteiger partial charge in [0.1, 0.15) is 0 Å². The molecule has 1 fully saturated rings. The molecule has 1 aliphatic rings. The standard InChI is InChI=1S/C31H31N10O2P/c1-16-14-40(30(42)17(16)2)29-19(4)37-24(12-35-29)20(5)41-15-23(11-36-41)39(6)31(43)27-18(3)34-13-25(38-27)26-21(9-32)7-8-22(10-33)28(26)44/h7-8,11-13,15-17,20H,14,44H2,1-6H3/t16-,17-,20?/m1/s1. The van der Waals surface area contributed by atoms with Gasteiger partial charge >= 0.3 is 0 Å². The SMILES string of the molecule is Cc1ncc(-c2c(C#N)ccc(C#N)c2P)nc1C(=O)N(C)c1cnn(C(C)c2cnc(N3C[C@@H](C)[C@@H](C)C3=O)c(C)n2)c1. The largest absolute Gasteiger partial charge is 0.307 e. The van der Waals surface area contributed by atoms with Gasteiger partial charge in [-0.3, -0.25) is 29.1 Å². The lowest BCUT2D eigenvalue weighted by atomic mass is 10.0. The van der Waals surface area contributed by atoms with Gasteiger partial charge in [-0.1, -0.05) is 13.8 Å². The Morgan fingerprint density at radius 3 is 2.41 bits per heavy atom.